The van der Waals surface area contributed by atoms with Gasteiger partial charge in [0.1, 0.15) is 6.61 Å². The van der Waals surface area contributed by atoms with Crippen molar-refractivity contribution in [2.24, 2.45) is 4.99 Å². The molecule has 6 nitrogen and oxygen atoms in total. The smallest absolute Gasteiger partial charge is 0.401 e. The minimum Gasteiger partial charge on any atom is -0.493 e. The maximum atomic E-state index is 12.6. The molecule has 1 aliphatic rings. The molecule has 1 unspecified atom stereocenters. The van der Waals surface area contributed by atoms with E-state index in [9.17, 15) is 13.2 Å². The number of nitrogens with zero attached hydrogens (tertiary/aromatic N) is 2. The van der Waals surface area contributed by atoms with Gasteiger partial charge in [-0.05, 0) is 31.0 Å². The summed E-state index contributed by atoms with van der Waals surface area (Å²) < 4.78 is 48.4. The second kappa shape index (κ2) is 10.8. The van der Waals surface area contributed by atoms with Crippen molar-refractivity contribution in [3.8, 4) is 23.8 Å². The highest BCUT2D eigenvalue weighted by Gasteiger charge is 2.34. The van der Waals surface area contributed by atoms with Gasteiger partial charge in [0, 0.05) is 25.7 Å². The van der Waals surface area contributed by atoms with Crippen LogP contribution in [0.2, 0.25) is 0 Å². The van der Waals surface area contributed by atoms with Gasteiger partial charge in [-0.15, -0.1) is 6.42 Å². The van der Waals surface area contributed by atoms with Gasteiger partial charge in [-0.1, -0.05) is 12.0 Å². The van der Waals surface area contributed by atoms with Crippen LogP contribution in [-0.4, -0.2) is 63.0 Å². The summed E-state index contributed by atoms with van der Waals surface area (Å²) in [6.07, 6.45) is 1.69. The summed E-state index contributed by atoms with van der Waals surface area (Å²) in [5.41, 5.74) is 0.889. The van der Waals surface area contributed by atoms with E-state index in [4.69, 9.17) is 15.9 Å². The van der Waals surface area contributed by atoms with Gasteiger partial charge in [0.05, 0.1) is 20.2 Å². The summed E-state index contributed by atoms with van der Waals surface area (Å²) in [5, 5.41) is 6.35. The van der Waals surface area contributed by atoms with Crippen molar-refractivity contribution in [2.75, 3.05) is 39.9 Å². The molecule has 1 atom stereocenters. The number of likely N-dealkylation sites (tertiary alicyclic amines) is 1. The monoisotopic (exact) mass is 412 g/mol. The first-order valence-electron chi connectivity index (χ1n) is 9.41. The van der Waals surface area contributed by atoms with Crippen LogP contribution in [0.5, 0.6) is 11.5 Å². The third-order valence-electron chi connectivity index (χ3n) is 4.32. The van der Waals surface area contributed by atoms with Crippen molar-refractivity contribution in [2.45, 2.75) is 32.1 Å². The Morgan fingerprint density at radius 3 is 2.83 bits per heavy atom. The fourth-order valence-electron chi connectivity index (χ4n) is 3.08. The average molecular weight is 412 g/mol. The summed E-state index contributed by atoms with van der Waals surface area (Å²) in [7, 11) is 1.55. The van der Waals surface area contributed by atoms with Crippen molar-refractivity contribution in [3.63, 3.8) is 0 Å². The third-order valence-corrected chi connectivity index (χ3v) is 4.32. The zero-order valence-corrected chi connectivity index (χ0v) is 16.7. The van der Waals surface area contributed by atoms with Crippen molar-refractivity contribution in [1.29, 1.82) is 0 Å². The summed E-state index contributed by atoms with van der Waals surface area (Å²) in [6, 6.07) is 5.38. The minimum absolute atomic E-state index is 0.0828. The third kappa shape index (κ3) is 7.74. The van der Waals surface area contributed by atoms with Gasteiger partial charge in [0.2, 0.25) is 0 Å². The van der Waals surface area contributed by atoms with E-state index in [-0.39, 0.29) is 12.6 Å². The number of ether oxygens (including phenoxy) is 2. The second-order valence-corrected chi connectivity index (χ2v) is 6.65. The summed E-state index contributed by atoms with van der Waals surface area (Å²) in [5.74, 6) is 4.09. The number of benzene rings is 1. The Kier molecular flexibility index (Phi) is 8.46. The van der Waals surface area contributed by atoms with Gasteiger partial charge in [-0.25, -0.2) is 4.99 Å². The van der Waals surface area contributed by atoms with E-state index in [0.29, 0.717) is 50.1 Å². The minimum atomic E-state index is -4.18. The Bertz CT molecular complexity index is 731. The lowest BCUT2D eigenvalue weighted by atomic mass is 10.2. The molecule has 160 valence electrons. The number of halogens is 3. The SMILES string of the molecule is C#CCOc1cc(CN=C(NCC)NC2CCN(CC(F)(F)F)C2)ccc1OC. The number of hydrogen-bond acceptors (Lipinski definition) is 4. The predicted molar refractivity (Wildman–Crippen MR) is 106 cm³/mol. The first-order valence-corrected chi connectivity index (χ1v) is 9.41. The Hall–Kier alpha value is -2.60. The number of nitrogens with one attached hydrogen (secondary N) is 2. The highest BCUT2D eigenvalue weighted by Crippen LogP contribution is 2.28. The van der Waals surface area contributed by atoms with E-state index < -0.39 is 12.7 Å². The number of alkyl halides is 3. The summed E-state index contributed by atoms with van der Waals surface area (Å²) >= 11 is 0. The van der Waals surface area contributed by atoms with Crippen LogP contribution >= 0.6 is 0 Å². The van der Waals surface area contributed by atoms with Gasteiger partial charge >= 0.3 is 6.18 Å². The molecule has 1 saturated heterocycles. The van der Waals surface area contributed by atoms with Crippen LogP contribution in [0.15, 0.2) is 23.2 Å². The van der Waals surface area contributed by atoms with Crippen LogP contribution in [0.25, 0.3) is 0 Å². The molecule has 1 fully saturated rings. The molecule has 2 N–H and O–H groups in total. The number of aliphatic imine (C=N–C) groups is 1. The lowest BCUT2D eigenvalue weighted by molar-refractivity contribution is -0.143. The number of guanidine groups is 1. The van der Waals surface area contributed by atoms with Crippen molar-refractivity contribution >= 4 is 5.96 Å². The lowest BCUT2D eigenvalue weighted by Crippen LogP contribution is -2.45. The molecule has 1 heterocycles. The molecule has 2 rings (SSSR count). The van der Waals surface area contributed by atoms with E-state index in [1.54, 1.807) is 13.2 Å². The normalized spacial score (nSPS) is 17.7. The molecule has 0 aliphatic carbocycles. The van der Waals surface area contributed by atoms with Crippen LogP contribution < -0.4 is 20.1 Å². The zero-order valence-electron chi connectivity index (χ0n) is 16.7. The molecule has 1 aliphatic heterocycles. The van der Waals surface area contributed by atoms with Crippen LogP contribution in [-0.2, 0) is 6.54 Å². The second-order valence-electron chi connectivity index (χ2n) is 6.65. The molecule has 0 radical (unpaired) electrons. The predicted octanol–water partition coefficient (Wildman–Crippen LogP) is 2.40. The maximum Gasteiger partial charge on any atom is 0.401 e. The van der Waals surface area contributed by atoms with Gasteiger partial charge in [0.15, 0.2) is 17.5 Å². The fourth-order valence-corrected chi connectivity index (χ4v) is 3.08. The van der Waals surface area contributed by atoms with Gasteiger partial charge in [-0.3, -0.25) is 4.90 Å². The van der Waals surface area contributed by atoms with E-state index in [0.717, 1.165) is 5.56 Å². The number of hydrogen-bond donors (Lipinski definition) is 2. The maximum absolute atomic E-state index is 12.6. The van der Waals surface area contributed by atoms with Gasteiger partial charge in [0.25, 0.3) is 0 Å². The summed E-state index contributed by atoms with van der Waals surface area (Å²) in [4.78, 5) is 5.94. The van der Waals surface area contributed by atoms with E-state index in [1.165, 1.54) is 4.90 Å². The summed E-state index contributed by atoms with van der Waals surface area (Å²) in [6.45, 7) is 2.92. The Balaban J connectivity index is 1.99. The van der Waals surface area contributed by atoms with Gasteiger partial charge < -0.3 is 20.1 Å². The first-order chi connectivity index (χ1) is 13.8. The highest BCUT2D eigenvalue weighted by molar-refractivity contribution is 5.80. The van der Waals surface area contributed by atoms with Crippen molar-refractivity contribution in [3.05, 3.63) is 23.8 Å². The molecule has 0 spiro atoms. The van der Waals surface area contributed by atoms with Crippen molar-refractivity contribution < 1.29 is 22.6 Å². The Morgan fingerprint density at radius 1 is 1.38 bits per heavy atom. The Labute approximate surface area is 169 Å². The van der Waals surface area contributed by atoms with E-state index in [2.05, 4.69) is 21.5 Å². The average Bonchev–Trinajstić information content (AvgIpc) is 3.09. The van der Waals surface area contributed by atoms with Crippen LogP contribution in [0.4, 0.5) is 13.2 Å². The zero-order chi connectivity index (χ0) is 21.3. The number of methoxy groups -OCH3 is 1. The largest absolute Gasteiger partial charge is 0.493 e. The highest BCUT2D eigenvalue weighted by atomic mass is 19.4. The van der Waals surface area contributed by atoms with Crippen molar-refractivity contribution in [1.82, 2.24) is 15.5 Å². The fraction of sp³-hybridized carbons (Fsp3) is 0.550. The molecule has 29 heavy (non-hydrogen) atoms. The molecule has 0 saturated carbocycles. The van der Waals surface area contributed by atoms with Crippen LogP contribution in [0.1, 0.15) is 18.9 Å². The Morgan fingerprint density at radius 2 is 2.17 bits per heavy atom. The van der Waals surface area contributed by atoms with E-state index in [1.807, 2.05) is 19.1 Å². The lowest BCUT2D eigenvalue weighted by Gasteiger charge is -2.19. The quantitative estimate of drug-likeness (QED) is 0.390. The molecule has 1 aromatic carbocycles. The first kappa shape index (κ1) is 22.7. The number of terminal acetylenes is 1. The van der Waals surface area contributed by atoms with Crippen LogP contribution in [0, 0.1) is 12.3 Å². The number of rotatable bonds is 8. The molecule has 0 aromatic heterocycles. The molecule has 0 amide bonds. The van der Waals surface area contributed by atoms with Crippen LogP contribution in [0.3, 0.4) is 0 Å². The van der Waals surface area contributed by atoms with Gasteiger partial charge in [-0.2, -0.15) is 13.2 Å². The molecule has 0 bridgehead atoms. The topological polar surface area (TPSA) is 58.1 Å². The molecular formula is C20H27F3N4O2. The molecular weight excluding hydrogens is 385 g/mol. The molecule has 1 aromatic rings. The van der Waals surface area contributed by atoms with E-state index >= 15 is 0 Å². The standard InChI is InChI=1S/C20H27F3N4O2/c1-4-10-29-18-11-15(6-7-17(18)28-3)12-25-19(24-5-2)26-16-8-9-27(13-16)14-20(21,22)23/h1,6-7,11,16H,5,8-10,12-14H2,2-3H3,(H2,24,25,26). The molecule has 9 heteroatoms.